The van der Waals surface area contributed by atoms with E-state index in [9.17, 15) is 9.90 Å². The van der Waals surface area contributed by atoms with Crippen molar-refractivity contribution >= 4 is 28.9 Å². The van der Waals surface area contributed by atoms with E-state index >= 15 is 0 Å². The second-order valence-electron chi connectivity index (χ2n) is 5.02. The molecular weight excluding hydrogens is 272 g/mol. The summed E-state index contributed by atoms with van der Waals surface area (Å²) in [6.07, 6.45) is 4.04. The lowest BCUT2D eigenvalue weighted by atomic mass is 10.1. The average molecular weight is 288 g/mol. The predicted molar refractivity (Wildman–Crippen MR) is 81.7 cm³/mol. The smallest absolute Gasteiger partial charge is 0.286 e. The van der Waals surface area contributed by atoms with Crippen molar-refractivity contribution in [3.63, 3.8) is 0 Å². The number of aliphatic imine (C=N–C) groups is 1. The first-order valence-corrected chi connectivity index (χ1v) is 7.53. The van der Waals surface area contributed by atoms with Gasteiger partial charge in [0.1, 0.15) is 5.75 Å². The minimum Gasteiger partial charge on any atom is -0.507 e. The Balaban J connectivity index is 1.84. The van der Waals surface area contributed by atoms with Gasteiger partial charge in [0.15, 0.2) is 5.17 Å². The molecule has 1 aromatic rings. The van der Waals surface area contributed by atoms with E-state index in [1.807, 2.05) is 19.1 Å². The Morgan fingerprint density at radius 1 is 1.35 bits per heavy atom. The standard InChI is InChI=1S/C15H16N2O2S/c1-10-5-4-6-11(13(10)18)9-12-14(19)16-15(20-12)17-7-2-3-8-17/h4-6,9,18H,2-3,7-8H2,1H3/b12-9-. The van der Waals surface area contributed by atoms with Gasteiger partial charge in [-0.1, -0.05) is 18.2 Å². The molecule has 0 saturated carbocycles. The van der Waals surface area contributed by atoms with Crippen LogP contribution in [-0.4, -0.2) is 34.2 Å². The molecule has 1 aromatic carbocycles. The van der Waals surface area contributed by atoms with Gasteiger partial charge in [-0.15, -0.1) is 0 Å². The lowest BCUT2D eigenvalue weighted by Crippen LogP contribution is -2.23. The number of phenols is 1. The number of carbonyl (C=O) groups is 1. The normalized spacial score (nSPS) is 20.9. The number of aryl methyl sites for hydroxylation is 1. The first-order chi connectivity index (χ1) is 9.65. The van der Waals surface area contributed by atoms with Crippen molar-refractivity contribution in [2.45, 2.75) is 19.8 Å². The van der Waals surface area contributed by atoms with Gasteiger partial charge in [-0.25, -0.2) is 0 Å². The number of phenolic OH excluding ortho intramolecular Hbond substituents is 1. The molecule has 1 amide bonds. The van der Waals surface area contributed by atoms with Gasteiger partial charge in [-0.05, 0) is 43.2 Å². The summed E-state index contributed by atoms with van der Waals surface area (Å²) in [7, 11) is 0. The third-order valence-electron chi connectivity index (χ3n) is 3.54. The van der Waals surface area contributed by atoms with Crippen LogP contribution in [0.5, 0.6) is 5.75 Å². The van der Waals surface area contributed by atoms with E-state index in [2.05, 4.69) is 9.89 Å². The van der Waals surface area contributed by atoms with Gasteiger partial charge in [0.25, 0.3) is 5.91 Å². The van der Waals surface area contributed by atoms with Gasteiger partial charge in [0, 0.05) is 18.7 Å². The Hall–Kier alpha value is -1.75. The van der Waals surface area contributed by atoms with Crippen LogP contribution >= 0.6 is 11.8 Å². The van der Waals surface area contributed by atoms with Crippen LogP contribution in [0.15, 0.2) is 28.1 Å². The summed E-state index contributed by atoms with van der Waals surface area (Å²) in [5.74, 6) is 0.0147. The molecule has 3 rings (SSSR count). The minimum atomic E-state index is -0.210. The maximum absolute atomic E-state index is 12.0. The second kappa shape index (κ2) is 5.32. The lowest BCUT2D eigenvalue weighted by molar-refractivity contribution is -0.113. The molecule has 1 N–H and O–H groups in total. The molecule has 5 heteroatoms. The summed E-state index contributed by atoms with van der Waals surface area (Å²) in [5, 5.41) is 10.8. The van der Waals surface area contributed by atoms with Gasteiger partial charge >= 0.3 is 0 Å². The van der Waals surface area contributed by atoms with Gasteiger partial charge in [0.05, 0.1) is 4.91 Å². The number of hydrogen-bond acceptors (Lipinski definition) is 4. The Kier molecular flexibility index (Phi) is 3.53. The zero-order chi connectivity index (χ0) is 14.1. The van der Waals surface area contributed by atoms with Crippen LogP contribution in [-0.2, 0) is 4.79 Å². The summed E-state index contributed by atoms with van der Waals surface area (Å²) in [5.41, 5.74) is 1.47. The van der Waals surface area contributed by atoms with Crippen molar-refractivity contribution in [2.24, 2.45) is 4.99 Å². The van der Waals surface area contributed by atoms with E-state index in [0.29, 0.717) is 10.5 Å². The van der Waals surface area contributed by atoms with E-state index in [1.165, 1.54) is 11.8 Å². The van der Waals surface area contributed by atoms with Crippen molar-refractivity contribution < 1.29 is 9.90 Å². The Morgan fingerprint density at radius 3 is 2.85 bits per heavy atom. The maximum Gasteiger partial charge on any atom is 0.286 e. The third kappa shape index (κ3) is 2.45. The van der Waals surface area contributed by atoms with Crippen LogP contribution in [0.25, 0.3) is 6.08 Å². The largest absolute Gasteiger partial charge is 0.507 e. The summed E-state index contributed by atoms with van der Waals surface area (Å²) in [4.78, 5) is 18.8. The highest BCUT2D eigenvalue weighted by molar-refractivity contribution is 8.18. The molecule has 1 fully saturated rings. The fraction of sp³-hybridized carbons (Fsp3) is 0.333. The molecule has 2 heterocycles. The Bertz CT molecular complexity index is 616. The molecule has 0 radical (unpaired) electrons. The number of likely N-dealkylation sites (tertiary alicyclic amines) is 1. The number of hydrogen-bond donors (Lipinski definition) is 1. The summed E-state index contributed by atoms with van der Waals surface area (Å²) in [6, 6.07) is 5.51. The van der Waals surface area contributed by atoms with Crippen LogP contribution in [0, 0.1) is 6.92 Å². The molecule has 0 bridgehead atoms. The number of para-hydroxylation sites is 1. The van der Waals surface area contributed by atoms with Gasteiger partial charge in [-0.3, -0.25) is 4.79 Å². The minimum absolute atomic E-state index is 0.210. The number of aromatic hydroxyl groups is 1. The van der Waals surface area contributed by atoms with Crippen LogP contribution in [0.4, 0.5) is 0 Å². The van der Waals surface area contributed by atoms with Crippen LogP contribution in [0.1, 0.15) is 24.0 Å². The number of carbonyl (C=O) groups excluding carboxylic acids is 1. The summed E-state index contributed by atoms with van der Waals surface area (Å²) in [6.45, 7) is 3.79. The molecule has 0 spiro atoms. The number of amides is 1. The van der Waals surface area contributed by atoms with Gasteiger partial charge < -0.3 is 10.0 Å². The predicted octanol–water partition coefficient (Wildman–Crippen LogP) is 2.77. The third-order valence-corrected chi connectivity index (χ3v) is 4.59. The Labute approximate surface area is 122 Å². The van der Waals surface area contributed by atoms with E-state index in [-0.39, 0.29) is 11.7 Å². The highest BCUT2D eigenvalue weighted by Crippen LogP contribution is 2.33. The number of rotatable bonds is 1. The Morgan fingerprint density at radius 2 is 2.10 bits per heavy atom. The number of amidine groups is 1. The molecule has 2 aliphatic heterocycles. The second-order valence-corrected chi connectivity index (χ2v) is 6.03. The van der Waals surface area contributed by atoms with E-state index in [0.717, 1.165) is 36.7 Å². The quantitative estimate of drug-likeness (QED) is 0.807. The van der Waals surface area contributed by atoms with Crippen LogP contribution in [0.3, 0.4) is 0 Å². The molecule has 4 nitrogen and oxygen atoms in total. The van der Waals surface area contributed by atoms with Crippen molar-refractivity contribution in [3.8, 4) is 5.75 Å². The molecule has 0 aliphatic carbocycles. The van der Waals surface area contributed by atoms with Crippen molar-refractivity contribution in [1.82, 2.24) is 4.90 Å². The zero-order valence-electron chi connectivity index (χ0n) is 11.3. The van der Waals surface area contributed by atoms with E-state index in [1.54, 1.807) is 12.1 Å². The topological polar surface area (TPSA) is 52.9 Å². The first kappa shape index (κ1) is 13.2. The average Bonchev–Trinajstić information content (AvgIpc) is 3.05. The lowest BCUT2D eigenvalue weighted by Gasteiger charge is -2.14. The number of nitrogens with zero attached hydrogens (tertiary/aromatic N) is 2. The van der Waals surface area contributed by atoms with Gasteiger partial charge in [-0.2, -0.15) is 4.99 Å². The number of thioether (sulfide) groups is 1. The number of benzene rings is 1. The molecule has 104 valence electrons. The zero-order valence-corrected chi connectivity index (χ0v) is 12.1. The van der Waals surface area contributed by atoms with Crippen LogP contribution in [0.2, 0.25) is 0 Å². The van der Waals surface area contributed by atoms with Crippen molar-refractivity contribution in [1.29, 1.82) is 0 Å². The maximum atomic E-state index is 12.0. The van der Waals surface area contributed by atoms with E-state index in [4.69, 9.17) is 0 Å². The van der Waals surface area contributed by atoms with Crippen LogP contribution < -0.4 is 0 Å². The molecule has 0 unspecified atom stereocenters. The fourth-order valence-electron chi connectivity index (χ4n) is 2.38. The highest BCUT2D eigenvalue weighted by Gasteiger charge is 2.27. The monoisotopic (exact) mass is 288 g/mol. The molecular formula is C15H16N2O2S. The molecule has 20 heavy (non-hydrogen) atoms. The molecule has 0 aromatic heterocycles. The summed E-state index contributed by atoms with van der Waals surface area (Å²) < 4.78 is 0. The molecule has 2 aliphatic rings. The fourth-order valence-corrected chi connectivity index (χ4v) is 3.34. The van der Waals surface area contributed by atoms with E-state index < -0.39 is 0 Å². The van der Waals surface area contributed by atoms with Gasteiger partial charge in [0.2, 0.25) is 0 Å². The molecule has 1 saturated heterocycles. The highest BCUT2D eigenvalue weighted by atomic mass is 32.2. The van der Waals surface area contributed by atoms with Crippen molar-refractivity contribution in [2.75, 3.05) is 13.1 Å². The SMILES string of the molecule is Cc1cccc(/C=C2\SC(N3CCCC3)=NC2=O)c1O. The first-order valence-electron chi connectivity index (χ1n) is 6.71. The van der Waals surface area contributed by atoms with Crippen molar-refractivity contribution in [3.05, 3.63) is 34.2 Å². The molecule has 0 atom stereocenters. The summed E-state index contributed by atoms with van der Waals surface area (Å²) >= 11 is 1.40.